The summed E-state index contributed by atoms with van der Waals surface area (Å²) in [6.45, 7) is 7.58. The van der Waals surface area contributed by atoms with Gasteiger partial charge in [-0.25, -0.2) is 0 Å². The average Bonchev–Trinajstić information content (AvgIpc) is 2.27. The van der Waals surface area contributed by atoms with E-state index in [1.807, 2.05) is 43.5 Å². The van der Waals surface area contributed by atoms with Crippen LogP contribution in [0.25, 0.3) is 10.9 Å². The molecule has 0 amide bonds. The number of rotatable bonds is 1. The molecule has 0 saturated heterocycles. The molecule has 0 saturated carbocycles. The Hall–Kier alpha value is -1.90. The van der Waals surface area contributed by atoms with Gasteiger partial charge in [0.1, 0.15) is 0 Å². The summed E-state index contributed by atoms with van der Waals surface area (Å²) in [4.78, 5) is 23.8. The van der Waals surface area contributed by atoms with Gasteiger partial charge in [0.05, 0.1) is 11.1 Å². The highest BCUT2D eigenvalue weighted by atomic mass is 16.1. The third-order valence-electron chi connectivity index (χ3n) is 3.01. The molecule has 2 aromatic rings. The molecule has 0 aliphatic rings. The Kier molecular flexibility index (Phi) is 2.85. The van der Waals surface area contributed by atoms with E-state index < -0.39 is 0 Å². The first-order chi connectivity index (χ1) is 8.32. The second kappa shape index (κ2) is 4.09. The van der Waals surface area contributed by atoms with Gasteiger partial charge < -0.3 is 4.57 Å². The number of hydrogen-bond donors (Lipinski definition) is 0. The predicted molar refractivity (Wildman–Crippen MR) is 73.2 cm³/mol. The molecule has 0 N–H and O–H groups in total. The van der Waals surface area contributed by atoms with Gasteiger partial charge in [-0.05, 0) is 39.8 Å². The summed E-state index contributed by atoms with van der Waals surface area (Å²) in [6.07, 6.45) is 1.67. The van der Waals surface area contributed by atoms with Crippen LogP contribution in [0.15, 0.2) is 35.3 Å². The van der Waals surface area contributed by atoms with Crippen molar-refractivity contribution < 1.29 is 4.79 Å². The van der Waals surface area contributed by atoms with Crippen LogP contribution < -0.4 is 5.43 Å². The summed E-state index contributed by atoms with van der Waals surface area (Å²) in [5, 5.41) is 0.597. The van der Waals surface area contributed by atoms with Crippen LogP contribution in [0.3, 0.4) is 0 Å². The Labute approximate surface area is 106 Å². The van der Waals surface area contributed by atoms with Crippen LogP contribution in [0.2, 0.25) is 0 Å². The van der Waals surface area contributed by atoms with Crippen molar-refractivity contribution in [3.05, 3.63) is 46.2 Å². The maximum atomic E-state index is 12.2. The monoisotopic (exact) mass is 243 g/mol. The van der Waals surface area contributed by atoms with E-state index in [1.54, 1.807) is 12.3 Å². The molecule has 3 heteroatoms. The summed E-state index contributed by atoms with van der Waals surface area (Å²) in [6, 6.07) is 7.40. The topological polar surface area (TPSA) is 39.1 Å². The molecule has 1 heterocycles. The van der Waals surface area contributed by atoms with Crippen molar-refractivity contribution in [3.8, 4) is 0 Å². The van der Waals surface area contributed by atoms with Crippen molar-refractivity contribution in [2.45, 2.75) is 33.2 Å². The van der Waals surface area contributed by atoms with Crippen molar-refractivity contribution in [1.82, 2.24) is 4.57 Å². The van der Waals surface area contributed by atoms with Crippen LogP contribution in [-0.4, -0.2) is 10.4 Å². The van der Waals surface area contributed by atoms with Gasteiger partial charge in [-0.2, -0.15) is 0 Å². The number of benzene rings is 1. The van der Waals surface area contributed by atoms with Crippen molar-refractivity contribution >= 4 is 16.7 Å². The average molecular weight is 243 g/mol. The Morgan fingerprint density at radius 3 is 2.33 bits per heavy atom. The van der Waals surface area contributed by atoms with E-state index >= 15 is 0 Å². The normalized spacial score (nSPS) is 11.8. The van der Waals surface area contributed by atoms with Gasteiger partial charge in [-0.1, -0.05) is 12.1 Å². The number of nitrogens with zero attached hydrogens (tertiary/aromatic N) is 1. The first kappa shape index (κ1) is 12.6. The fourth-order valence-corrected chi connectivity index (χ4v) is 2.08. The third-order valence-corrected chi connectivity index (χ3v) is 3.01. The van der Waals surface area contributed by atoms with Crippen LogP contribution in [0.5, 0.6) is 0 Å². The van der Waals surface area contributed by atoms with E-state index in [1.165, 1.54) is 6.92 Å². The zero-order valence-corrected chi connectivity index (χ0v) is 11.2. The number of aromatic nitrogens is 1. The van der Waals surface area contributed by atoms with Crippen LogP contribution >= 0.6 is 0 Å². The second-order valence-electron chi connectivity index (χ2n) is 5.49. The zero-order valence-electron chi connectivity index (χ0n) is 11.2. The number of Topliss-reactive ketones (excluding diaryl/α,β-unsaturated/α-hetero) is 1. The highest BCUT2D eigenvalue weighted by Gasteiger charge is 2.18. The van der Waals surface area contributed by atoms with Crippen molar-refractivity contribution in [3.63, 3.8) is 0 Å². The van der Waals surface area contributed by atoms with Gasteiger partial charge in [0.25, 0.3) is 0 Å². The fourth-order valence-electron chi connectivity index (χ4n) is 2.08. The summed E-state index contributed by atoms with van der Waals surface area (Å²) >= 11 is 0. The molecule has 2 rings (SSSR count). The molecule has 1 aromatic heterocycles. The number of para-hydroxylation sites is 1. The number of hydrogen-bond acceptors (Lipinski definition) is 2. The molecule has 0 aliphatic carbocycles. The van der Waals surface area contributed by atoms with Crippen LogP contribution in [0, 0.1) is 0 Å². The molecule has 0 atom stereocenters. The lowest BCUT2D eigenvalue weighted by molar-refractivity contribution is 0.101. The van der Waals surface area contributed by atoms with Gasteiger partial charge in [0, 0.05) is 17.1 Å². The molecule has 0 unspecified atom stereocenters. The first-order valence-electron chi connectivity index (χ1n) is 5.98. The van der Waals surface area contributed by atoms with Crippen LogP contribution in [-0.2, 0) is 5.54 Å². The largest absolute Gasteiger partial charge is 0.341 e. The smallest absolute Gasteiger partial charge is 0.200 e. The first-order valence-corrected chi connectivity index (χ1v) is 5.98. The minimum absolute atomic E-state index is 0.182. The van der Waals surface area contributed by atoms with Gasteiger partial charge in [0.15, 0.2) is 11.2 Å². The van der Waals surface area contributed by atoms with Crippen molar-refractivity contribution in [2.24, 2.45) is 0 Å². The summed E-state index contributed by atoms with van der Waals surface area (Å²) in [5.74, 6) is -0.191. The van der Waals surface area contributed by atoms with Gasteiger partial charge in [-0.15, -0.1) is 0 Å². The molecule has 0 spiro atoms. The van der Waals surface area contributed by atoms with E-state index in [4.69, 9.17) is 0 Å². The molecule has 18 heavy (non-hydrogen) atoms. The van der Waals surface area contributed by atoms with E-state index in [9.17, 15) is 9.59 Å². The number of ketones is 1. The summed E-state index contributed by atoms with van der Waals surface area (Å²) < 4.78 is 1.99. The molecule has 0 bridgehead atoms. The minimum atomic E-state index is -0.191. The maximum Gasteiger partial charge on any atom is 0.200 e. The molecule has 0 fully saturated rings. The Bertz CT molecular complexity index is 675. The SMILES string of the molecule is CC(=O)c1cn(C(C)(C)C)c2ccccc2c1=O. The standard InChI is InChI=1S/C15H17NO2/c1-10(17)12-9-16(15(2,3)4)13-8-6-5-7-11(13)14(12)18/h5-9H,1-4H3. The zero-order chi connectivity index (χ0) is 13.5. The number of carbonyl (C=O) groups is 1. The van der Waals surface area contributed by atoms with Crippen LogP contribution in [0.4, 0.5) is 0 Å². The molecule has 0 aliphatic heterocycles. The quantitative estimate of drug-likeness (QED) is 0.722. The Balaban J connectivity index is 2.99. The van der Waals surface area contributed by atoms with E-state index in [2.05, 4.69) is 0 Å². The maximum absolute atomic E-state index is 12.2. The lowest BCUT2D eigenvalue weighted by Gasteiger charge is -2.26. The number of carbonyl (C=O) groups excluding carboxylic acids is 1. The van der Waals surface area contributed by atoms with E-state index in [-0.39, 0.29) is 22.3 Å². The third kappa shape index (κ3) is 1.96. The lowest BCUT2D eigenvalue weighted by atomic mass is 10.0. The van der Waals surface area contributed by atoms with Crippen molar-refractivity contribution in [1.29, 1.82) is 0 Å². The highest BCUT2D eigenvalue weighted by Crippen LogP contribution is 2.21. The van der Waals surface area contributed by atoms with E-state index in [0.29, 0.717) is 5.39 Å². The number of pyridine rings is 1. The highest BCUT2D eigenvalue weighted by molar-refractivity contribution is 5.97. The van der Waals surface area contributed by atoms with Gasteiger partial charge in [-0.3, -0.25) is 9.59 Å². The molecule has 0 radical (unpaired) electrons. The second-order valence-corrected chi connectivity index (χ2v) is 5.49. The Morgan fingerprint density at radius 1 is 1.17 bits per heavy atom. The van der Waals surface area contributed by atoms with Crippen LogP contribution in [0.1, 0.15) is 38.1 Å². The molecular weight excluding hydrogens is 226 g/mol. The van der Waals surface area contributed by atoms with E-state index in [0.717, 1.165) is 5.52 Å². The van der Waals surface area contributed by atoms with Gasteiger partial charge in [0.2, 0.25) is 0 Å². The lowest BCUT2D eigenvalue weighted by Crippen LogP contribution is -2.27. The summed E-state index contributed by atoms with van der Waals surface area (Å²) in [5.41, 5.74) is 0.750. The van der Waals surface area contributed by atoms with Gasteiger partial charge >= 0.3 is 0 Å². The van der Waals surface area contributed by atoms with Crippen molar-refractivity contribution in [2.75, 3.05) is 0 Å². The minimum Gasteiger partial charge on any atom is -0.341 e. The predicted octanol–water partition coefficient (Wildman–Crippen LogP) is 2.96. The Morgan fingerprint density at radius 2 is 1.78 bits per heavy atom. The summed E-state index contributed by atoms with van der Waals surface area (Å²) in [7, 11) is 0. The molecular formula is C15H17NO2. The molecule has 3 nitrogen and oxygen atoms in total. The molecule has 94 valence electrons. The number of fused-ring (bicyclic) bond motifs is 1. The molecule has 1 aromatic carbocycles. The fraction of sp³-hybridized carbons (Fsp3) is 0.333.